The summed E-state index contributed by atoms with van der Waals surface area (Å²) in [4.78, 5) is 25.5. The zero-order valence-electron chi connectivity index (χ0n) is 20.3. The predicted octanol–water partition coefficient (Wildman–Crippen LogP) is 6.08. The number of aliphatic hydroxyl groups is 1. The number of hydrogen-bond donors (Lipinski definition) is 2. The Morgan fingerprint density at radius 2 is 1.97 bits per heavy atom. The number of phenolic OH excluding ortho intramolecular Hbond substituents is 1. The highest BCUT2D eigenvalue weighted by Gasteiger charge is 2.35. The van der Waals surface area contributed by atoms with Gasteiger partial charge in [-0.25, -0.2) is 4.79 Å². The molecule has 1 aromatic heterocycles. The molecule has 2 aromatic rings. The fourth-order valence-electron chi connectivity index (χ4n) is 4.19. The monoisotopic (exact) mass is 454 g/mol. The SMILES string of the molecule is CC[C@H](O)c1cc(=O)oc2c(C(=O)CC(C)C)c(O)c3c(c12)O[C@@](C)(CCC=C(C)C)C=C3. The molecule has 3 rings (SSSR count). The third kappa shape index (κ3) is 5.06. The first-order valence-electron chi connectivity index (χ1n) is 11.6. The van der Waals surface area contributed by atoms with Crippen molar-refractivity contribution in [1.29, 1.82) is 0 Å². The first kappa shape index (κ1) is 24.8. The topological polar surface area (TPSA) is 97.0 Å². The van der Waals surface area contributed by atoms with Crippen LogP contribution >= 0.6 is 0 Å². The predicted molar refractivity (Wildman–Crippen MR) is 130 cm³/mol. The summed E-state index contributed by atoms with van der Waals surface area (Å²) in [6, 6.07) is 1.24. The van der Waals surface area contributed by atoms with Crippen LogP contribution in [-0.4, -0.2) is 21.6 Å². The van der Waals surface area contributed by atoms with Gasteiger partial charge in [0.2, 0.25) is 0 Å². The molecule has 0 saturated heterocycles. The van der Waals surface area contributed by atoms with Crippen LogP contribution in [0.1, 0.15) is 94.8 Å². The summed E-state index contributed by atoms with van der Waals surface area (Å²) in [6.07, 6.45) is 6.84. The van der Waals surface area contributed by atoms with Gasteiger partial charge in [0.05, 0.1) is 17.1 Å². The molecule has 2 heterocycles. The summed E-state index contributed by atoms with van der Waals surface area (Å²) in [6.45, 7) is 11.6. The first-order valence-corrected chi connectivity index (χ1v) is 11.6. The van der Waals surface area contributed by atoms with E-state index < -0.39 is 17.3 Å². The van der Waals surface area contributed by atoms with Gasteiger partial charge in [0, 0.05) is 18.1 Å². The normalized spacial score (nSPS) is 18.2. The third-order valence-corrected chi connectivity index (χ3v) is 5.93. The van der Waals surface area contributed by atoms with Crippen LogP contribution in [0.2, 0.25) is 0 Å². The van der Waals surface area contributed by atoms with Crippen molar-refractivity contribution in [3.8, 4) is 11.5 Å². The van der Waals surface area contributed by atoms with Crippen LogP contribution in [0.4, 0.5) is 0 Å². The number of aromatic hydroxyl groups is 1. The third-order valence-electron chi connectivity index (χ3n) is 5.93. The second kappa shape index (κ2) is 9.56. The number of allylic oxidation sites excluding steroid dienone is 2. The number of ether oxygens (including phenoxy) is 1. The van der Waals surface area contributed by atoms with Crippen LogP contribution in [0.5, 0.6) is 11.5 Å². The molecule has 178 valence electrons. The van der Waals surface area contributed by atoms with Gasteiger partial charge in [-0.3, -0.25) is 4.79 Å². The van der Waals surface area contributed by atoms with E-state index in [-0.39, 0.29) is 35.0 Å². The lowest BCUT2D eigenvalue weighted by atomic mass is 9.88. The smallest absolute Gasteiger partial charge is 0.336 e. The van der Waals surface area contributed by atoms with Crippen molar-refractivity contribution in [2.24, 2.45) is 5.92 Å². The largest absolute Gasteiger partial charge is 0.506 e. The Morgan fingerprint density at radius 3 is 2.58 bits per heavy atom. The maximum Gasteiger partial charge on any atom is 0.336 e. The quantitative estimate of drug-likeness (QED) is 0.285. The molecule has 6 nitrogen and oxygen atoms in total. The van der Waals surface area contributed by atoms with Crippen molar-refractivity contribution in [2.45, 2.75) is 78.9 Å². The number of phenols is 1. The summed E-state index contributed by atoms with van der Waals surface area (Å²) in [7, 11) is 0. The van der Waals surface area contributed by atoms with Gasteiger partial charge in [0.25, 0.3) is 0 Å². The lowest BCUT2D eigenvalue weighted by molar-refractivity contribution is 0.0965. The number of carbonyl (C=O) groups excluding carboxylic acids is 1. The minimum absolute atomic E-state index is 0.0335. The fraction of sp³-hybridized carbons (Fsp3) is 0.481. The number of rotatable bonds is 8. The average molecular weight is 455 g/mol. The van der Waals surface area contributed by atoms with Crippen molar-refractivity contribution in [1.82, 2.24) is 0 Å². The molecule has 0 spiro atoms. The van der Waals surface area contributed by atoms with Crippen LogP contribution in [0.25, 0.3) is 17.0 Å². The zero-order valence-corrected chi connectivity index (χ0v) is 20.3. The second-order valence-electron chi connectivity index (χ2n) is 9.70. The van der Waals surface area contributed by atoms with Crippen molar-refractivity contribution in [3.05, 3.63) is 50.9 Å². The van der Waals surface area contributed by atoms with E-state index in [1.807, 2.05) is 40.7 Å². The summed E-state index contributed by atoms with van der Waals surface area (Å²) < 4.78 is 11.9. The molecule has 1 aromatic carbocycles. The zero-order chi connectivity index (χ0) is 24.5. The highest BCUT2D eigenvalue weighted by atomic mass is 16.5. The lowest BCUT2D eigenvalue weighted by Gasteiger charge is -2.33. The fourth-order valence-corrected chi connectivity index (χ4v) is 4.19. The molecule has 0 aliphatic carbocycles. The molecule has 0 unspecified atom stereocenters. The molecule has 2 atom stereocenters. The maximum atomic E-state index is 13.1. The van der Waals surface area contributed by atoms with E-state index in [2.05, 4.69) is 6.08 Å². The molecular formula is C27H34O6. The van der Waals surface area contributed by atoms with Crippen LogP contribution in [0, 0.1) is 5.92 Å². The van der Waals surface area contributed by atoms with E-state index in [1.165, 1.54) is 11.6 Å². The second-order valence-corrected chi connectivity index (χ2v) is 9.70. The molecule has 2 N–H and O–H groups in total. The molecule has 0 amide bonds. The van der Waals surface area contributed by atoms with E-state index in [9.17, 15) is 19.8 Å². The van der Waals surface area contributed by atoms with Gasteiger partial charge < -0.3 is 19.4 Å². The highest BCUT2D eigenvalue weighted by Crippen LogP contribution is 2.48. The number of ketones is 1. The molecule has 0 bridgehead atoms. The minimum atomic E-state index is -0.954. The van der Waals surface area contributed by atoms with Gasteiger partial charge in [-0.05, 0) is 58.1 Å². The Morgan fingerprint density at radius 1 is 1.27 bits per heavy atom. The molecule has 1 aliphatic rings. The Balaban J connectivity index is 2.32. The molecule has 33 heavy (non-hydrogen) atoms. The van der Waals surface area contributed by atoms with Crippen LogP contribution in [0.15, 0.2) is 33.0 Å². The highest BCUT2D eigenvalue weighted by molar-refractivity contribution is 6.12. The first-order chi connectivity index (χ1) is 15.5. The van der Waals surface area contributed by atoms with Crippen LogP contribution in [0.3, 0.4) is 0 Å². The van der Waals surface area contributed by atoms with Crippen molar-refractivity contribution >= 4 is 22.8 Å². The summed E-state index contributed by atoms with van der Waals surface area (Å²) >= 11 is 0. The van der Waals surface area contributed by atoms with Crippen molar-refractivity contribution in [3.63, 3.8) is 0 Å². The van der Waals surface area contributed by atoms with Crippen molar-refractivity contribution < 1.29 is 24.2 Å². The van der Waals surface area contributed by atoms with Crippen LogP contribution in [-0.2, 0) is 0 Å². The molecule has 0 radical (unpaired) electrons. The van der Waals surface area contributed by atoms with E-state index in [1.54, 1.807) is 13.0 Å². The van der Waals surface area contributed by atoms with E-state index >= 15 is 0 Å². The average Bonchev–Trinajstić information content (AvgIpc) is 2.71. The lowest BCUT2D eigenvalue weighted by Crippen LogP contribution is -2.32. The number of carbonyl (C=O) groups is 1. The Kier molecular flexibility index (Phi) is 7.17. The van der Waals surface area contributed by atoms with Gasteiger partial charge in [-0.1, -0.05) is 32.4 Å². The van der Waals surface area contributed by atoms with E-state index in [0.717, 1.165) is 6.42 Å². The van der Waals surface area contributed by atoms with Gasteiger partial charge in [-0.15, -0.1) is 0 Å². The number of benzene rings is 1. The van der Waals surface area contributed by atoms with Gasteiger partial charge in [-0.2, -0.15) is 0 Å². The standard InChI is InChI=1S/C27H34O6/c1-7-19(28)18-14-21(30)32-26-22(18)25-17(24(31)23(26)20(29)13-16(4)5)10-12-27(6,33-25)11-8-9-15(2)3/h9-10,12,14,16,19,28,31H,7-8,11,13H2,1-6H3/t19-,27-/m0/s1. The van der Waals surface area contributed by atoms with Crippen molar-refractivity contribution in [2.75, 3.05) is 0 Å². The molecule has 6 heteroatoms. The number of fused-ring (bicyclic) bond motifs is 3. The minimum Gasteiger partial charge on any atom is -0.506 e. The van der Waals surface area contributed by atoms with Gasteiger partial charge >= 0.3 is 5.63 Å². The summed E-state index contributed by atoms with van der Waals surface area (Å²) in [5, 5.41) is 22.2. The van der Waals surface area contributed by atoms with E-state index in [4.69, 9.17) is 9.15 Å². The molecule has 1 aliphatic heterocycles. The summed E-state index contributed by atoms with van der Waals surface area (Å²) in [5.74, 6) is -0.231. The molecule has 0 fully saturated rings. The van der Waals surface area contributed by atoms with E-state index in [0.29, 0.717) is 35.1 Å². The Hall–Kier alpha value is -2.86. The number of hydrogen-bond acceptors (Lipinski definition) is 6. The summed E-state index contributed by atoms with van der Waals surface area (Å²) in [5.41, 5.74) is 0.459. The number of aliphatic hydroxyl groups excluding tert-OH is 1. The number of Topliss-reactive ketones (excluding diaryl/α,β-unsaturated/α-hetero) is 1. The van der Waals surface area contributed by atoms with Crippen LogP contribution < -0.4 is 10.4 Å². The maximum absolute atomic E-state index is 13.1. The van der Waals surface area contributed by atoms with Gasteiger partial charge in [0.15, 0.2) is 11.4 Å². The molecular weight excluding hydrogens is 420 g/mol. The Labute approximate surface area is 194 Å². The molecule has 0 saturated carbocycles. The Bertz CT molecular complexity index is 1180. The van der Waals surface area contributed by atoms with Gasteiger partial charge in [0.1, 0.15) is 22.7 Å².